The van der Waals surface area contributed by atoms with Crippen LogP contribution in [-0.4, -0.2) is 25.7 Å². The van der Waals surface area contributed by atoms with Crippen LogP contribution in [0.15, 0.2) is 24.8 Å². The number of nitrogens with two attached hydrogens (primary N) is 1. The van der Waals surface area contributed by atoms with Crippen LogP contribution in [0, 0.1) is 0 Å². The molecular weight excluding hydrogens is 246 g/mol. The van der Waals surface area contributed by atoms with Gasteiger partial charge in [-0.1, -0.05) is 0 Å². The third kappa shape index (κ3) is 2.68. The van der Waals surface area contributed by atoms with Crippen LogP contribution in [0.5, 0.6) is 0 Å². The Morgan fingerprint density at radius 2 is 2.32 bits per heavy atom. The first kappa shape index (κ1) is 13.0. The minimum absolute atomic E-state index is 0.272. The number of nitrogens with zero attached hydrogens (tertiary/aromatic N) is 4. The van der Waals surface area contributed by atoms with Crippen LogP contribution in [0.25, 0.3) is 0 Å². The number of hydrogen-bond donors (Lipinski definition) is 3. The molecule has 2 aromatic heterocycles. The Morgan fingerprint density at radius 3 is 2.95 bits per heavy atom. The Morgan fingerprint density at radius 1 is 1.53 bits per heavy atom. The first-order valence-corrected chi connectivity index (χ1v) is 5.69. The summed E-state index contributed by atoms with van der Waals surface area (Å²) in [4.78, 5) is 16.0. The second kappa shape index (κ2) is 5.44. The summed E-state index contributed by atoms with van der Waals surface area (Å²) < 4.78 is 1.75. The number of hydrazine groups is 1. The van der Waals surface area contributed by atoms with E-state index in [2.05, 4.69) is 25.9 Å². The van der Waals surface area contributed by atoms with Crippen molar-refractivity contribution in [2.24, 2.45) is 12.9 Å². The van der Waals surface area contributed by atoms with Crippen LogP contribution < -0.4 is 16.6 Å². The average molecular weight is 261 g/mol. The van der Waals surface area contributed by atoms with E-state index in [0.29, 0.717) is 17.1 Å². The molecule has 2 aromatic rings. The minimum atomic E-state index is -0.281. The highest BCUT2D eigenvalue weighted by molar-refractivity contribution is 5.99. The van der Waals surface area contributed by atoms with Gasteiger partial charge in [-0.15, -0.1) is 10.2 Å². The molecule has 8 heteroatoms. The van der Waals surface area contributed by atoms with E-state index in [1.165, 1.54) is 6.20 Å². The predicted molar refractivity (Wildman–Crippen MR) is 68.9 cm³/mol. The molecule has 0 saturated carbocycles. The van der Waals surface area contributed by atoms with Crippen LogP contribution in [0.3, 0.4) is 0 Å². The number of rotatable bonds is 4. The molecule has 1 amide bonds. The van der Waals surface area contributed by atoms with Crippen molar-refractivity contribution in [3.63, 3.8) is 0 Å². The SMILES string of the molecule is CC(NC(=O)c1cnccc1NN)c1nncn1C. The molecule has 100 valence electrons. The molecule has 0 bridgehead atoms. The lowest BCUT2D eigenvalue weighted by atomic mass is 10.2. The Balaban J connectivity index is 2.15. The second-order valence-corrected chi connectivity index (χ2v) is 4.06. The number of hydrogen-bond acceptors (Lipinski definition) is 6. The first-order chi connectivity index (χ1) is 9.13. The second-order valence-electron chi connectivity index (χ2n) is 4.06. The maximum absolute atomic E-state index is 12.1. The van der Waals surface area contributed by atoms with Gasteiger partial charge >= 0.3 is 0 Å². The lowest BCUT2D eigenvalue weighted by Crippen LogP contribution is -2.29. The van der Waals surface area contributed by atoms with E-state index in [4.69, 9.17) is 5.84 Å². The molecule has 1 unspecified atom stereocenters. The molecule has 19 heavy (non-hydrogen) atoms. The summed E-state index contributed by atoms with van der Waals surface area (Å²) >= 11 is 0. The molecule has 0 aliphatic heterocycles. The van der Waals surface area contributed by atoms with E-state index >= 15 is 0 Å². The summed E-state index contributed by atoms with van der Waals surface area (Å²) in [6.07, 6.45) is 4.58. The zero-order chi connectivity index (χ0) is 13.8. The van der Waals surface area contributed by atoms with E-state index < -0.39 is 0 Å². The molecule has 2 heterocycles. The van der Waals surface area contributed by atoms with Crippen LogP contribution in [0.4, 0.5) is 5.69 Å². The van der Waals surface area contributed by atoms with E-state index in [1.54, 1.807) is 23.2 Å². The van der Waals surface area contributed by atoms with Crippen molar-refractivity contribution < 1.29 is 4.79 Å². The van der Waals surface area contributed by atoms with E-state index in [-0.39, 0.29) is 11.9 Å². The van der Waals surface area contributed by atoms with E-state index in [1.807, 2.05) is 14.0 Å². The number of aromatic nitrogens is 4. The lowest BCUT2D eigenvalue weighted by molar-refractivity contribution is 0.0938. The molecule has 0 spiro atoms. The van der Waals surface area contributed by atoms with E-state index in [9.17, 15) is 4.79 Å². The van der Waals surface area contributed by atoms with Gasteiger partial charge in [0, 0.05) is 19.4 Å². The fraction of sp³-hybridized carbons (Fsp3) is 0.273. The van der Waals surface area contributed by atoms with Crippen molar-refractivity contribution in [1.82, 2.24) is 25.1 Å². The summed E-state index contributed by atoms with van der Waals surface area (Å²) in [5.41, 5.74) is 3.35. The van der Waals surface area contributed by atoms with Gasteiger partial charge in [0.1, 0.15) is 6.33 Å². The molecular formula is C11H15N7O. The maximum Gasteiger partial charge on any atom is 0.255 e. The molecule has 4 N–H and O–H groups in total. The molecule has 1 atom stereocenters. The summed E-state index contributed by atoms with van der Waals surface area (Å²) in [6.45, 7) is 1.83. The van der Waals surface area contributed by atoms with Crippen LogP contribution in [0.1, 0.15) is 29.1 Å². The molecule has 0 aliphatic carbocycles. The van der Waals surface area contributed by atoms with Crippen LogP contribution in [-0.2, 0) is 7.05 Å². The van der Waals surface area contributed by atoms with Gasteiger partial charge < -0.3 is 15.3 Å². The minimum Gasteiger partial charge on any atom is -0.342 e. The molecule has 0 aromatic carbocycles. The lowest BCUT2D eigenvalue weighted by Gasteiger charge is -2.14. The largest absolute Gasteiger partial charge is 0.342 e. The molecule has 0 aliphatic rings. The number of pyridine rings is 1. The highest BCUT2D eigenvalue weighted by Crippen LogP contribution is 2.14. The van der Waals surface area contributed by atoms with Gasteiger partial charge in [0.25, 0.3) is 5.91 Å². The quantitative estimate of drug-likeness (QED) is 0.527. The Hall–Kier alpha value is -2.48. The van der Waals surface area contributed by atoms with Crippen molar-refractivity contribution in [2.45, 2.75) is 13.0 Å². The highest BCUT2D eigenvalue weighted by atomic mass is 16.1. The fourth-order valence-corrected chi connectivity index (χ4v) is 1.72. The van der Waals surface area contributed by atoms with Crippen molar-refractivity contribution in [1.29, 1.82) is 0 Å². The third-order valence-corrected chi connectivity index (χ3v) is 2.70. The summed E-state index contributed by atoms with van der Waals surface area (Å²) in [5.74, 6) is 5.74. The number of aryl methyl sites for hydroxylation is 1. The number of anilines is 1. The molecule has 0 saturated heterocycles. The number of amides is 1. The predicted octanol–water partition coefficient (Wildman–Crippen LogP) is -0.0133. The smallest absolute Gasteiger partial charge is 0.255 e. The van der Waals surface area contributed by atoms with Gasteiger partial charge in [-0.25, -0.2) is 0 Å². The molecule has 0 fully saturated rings. The summed E-state index contributed by atoms with van der Waals surface area (Å²) in [7, 11) is 1.81. The van der Waals surface area contributed by atoms with Gasteiger partial charge in [-0.3, -0.25) is 15.6 Å². The zero-order valence-electron chi connectivity index (χ0n) is 10.7. The number of carbonyl (C=O) groups is 1. The van der Waals surface area contributed by atoms with Crippen LogP contribution in [0.2, 0.25) is 0 Å². The summed E-state index contributed by atoms with van der Waals surface area (Å²) in [6, 6.07) is 1.35. The number of carbonyl (C=O) groups excluding carboxylic acids is 1. The molecule has 2 rings (SSSR count). The topological polar surface area (TPSA) is 111 Å². The Labute approximate surface area is 110 Å². The monoisotopic (exact) mass is 261 g/mol. The van der Waals surface area contributed by atoms with Crippen molar-refractivity contribution in [3.8, 4) is 0 Å². The van der Waals surface area contributed by atoms with Gasteiger partial charge in [0.05, 0.1) is 17.3 Å². The van der Waals surface area contributed by atoms with Gasteiger partial charge in [0.15, 0.2) is 5.82 Å². The maximum atomic E-state index is 12.1. The fourth-order valence-electron chi connectivity index (χ4n) is 1.72. The van der Waals surface area contributed by atoms with Crippen molar-refractivity contribution in [2.75, 3.05) is 5.43 Å². The molecule has 0 radical (unpaired) electrons. The average Bonchev–Trinajstić information content (AvgIpc) is 2.85. The zero-order valence-corrected chi connectivity index (χ0v) is 10.7. The Kier molecular flexibility index (Phi) is 3.71. The van der Waals surface area contributed by atoms with Crippen LogP contribution >= 0.6 is 0 Å². The van der Waals surface area contributed by atoms with Crippen molar-refractivity contribution >= 4 is 11.6 Å². The van der Waals surface area contributed by atoms with Gasteiger partial charge in [0.2, 0.25) is 0 Å². The number of nitrogen functional groups attached to an aromatic ring is 1. The highest BCUT2D eigenvalue weighted by Gasteiger charge is 2.17. The Bertz CT molecular complexity index is 580. The normalized spacial score (nSPS) is 11.9. The standard InChI is InChI=1S/C11H15N7O/c1-7(10-17-14-6-18(10)2)15-11(19)8-5-13-4-3-9(8)16-12/h3-7H,12H2,1-2H3,(H,13,16)(H,15,19). The first-order valence-electron chi connectivity index (χ1n) is 5.69. The van der Waals surface area contributed by atoms with Gasteiger partial charge in [-0.05, 0) is 13.0 Å². The van der Waals surface area contributed by atoms with E-state index in [0.717, 1.165) is 0 Å². The number of nitrogens with one attached hydrogen (secondary N) is 2. The van der Waals surface area contributed by atoms with Gasteiger partial charge in [-0.2, -0.15) is 0 Å². The molecule has 8 nitrogen and oxygen atoms in total. The third-order valence-electron chi connectivity index (χ3n) is 2.70. The summed E-state index contributed by atoms with van der Waals surface area (Å²) in [5, 5.41) is 10.5. The van der Waals surface area contributed by atoms with Crippen molar-refractivity contribution in [3.05, 3.63) is 36.2 Å².